The third-order valence-corrected chi connectivity index (χ3v) is 4.23. The smallest absolute Gasteiger partial charge is 0.311 e. The van der Waals surface area contributed by atoms with Crippen molar-refractivity contribution in [2.45, 2.75) is 50.4 Å². The molecule has 18 heavy (non-hydrogen) atoms. The lowest BCUT2D eigenvalue weighted by atomic mass is 9.72. The van der Waals surface area contributed by atoms with Crippen molar-refractivity contribution >= 4 is 5.97 Å². The molecule has 1 atom stereocenters. The molecule has 0 amide bonds. The summed E-state index contributed by atoms with van der Waals surface area (Å²) in [6.45, 7) is 3.13. The normalized spacial score (nSPS) is 27.1. The van der Waals surface area contributed by atoms with Gasteiger partial charge in [-0.15, -0.1) is 0 Å². The van der Waals surface area contributed by atoms with Gasteiger partial charge in [0, 0.05) is 12.8 Å². The first-order valence-corrected chi connectivity index (χ1v) is 6.63. The van der Waals surface area contributed by atoms with E-state index in [0.717, 1.165) is 0 Å². The summed E-state index contributed by atoms with van der Waals surface area (Å²) in [5.74, 6) is -1.30. The van der Waals surface area contributed by atoms with Crippen molar-refractivity contribution in [2.75, 3.05) is 20.3 Å². The van der Waals surface area contributed by atoms with Gasteiger partial charge in [-0.2, -0.15) is 0 Å². The SMILES string of the molecule is CCC(C(=O)OC)C1(O)CCC2(CC1)OCCO2. The molecule has 0 aromatic rings. The molecule has 104 valence electrons. The van der Waals surface area contributed by atoms with Crippen molar-refractivity contribution in [1.82, 2.24) is 0 Å². The van der Waals surface area contributed by atoms with Gasteiger partial charge in [0.1, 0.15) is 0 Å². The van der Waals surface area contributed by atoms with E-state index >= 15 is 0 Å². The maximum absolute atomic E-state index is 11.7. The topological polar surface area (TPSA) is 65.0 Å². The van der Waals surface area contributed by atoms with Crippen LogP contribution in [0.5, 0.6) is 0 Å². The van der Waals surface area contributed by atoms with Crippen molar-refractivity contribution < 1.29 is 24.1 Å². The Balaban J connectivity index is 2.03. The fourth-order valence-corrected chi connectivity index (χ4v) is 3.11. The second-order valence-corrected chi connectivity index (χ2v) is 5.20. The van der Waals surface area contributed by atoms with Gasteiger partial charge in [0.05, 0.1) is 31.8 Å². The Kier molecular flexibility index (Phi) is 3.94. The fourth-order valence-electron chi connectivity index (χ4n) is 3.11. The second kappa shape index (κ2) is 5.15. The largest absolute Gasteiger partial charge is 0.469 e. The van der Waals surface area contributed by atoms with Crippen LogP contribution in [0.25, 0.3) is 0 Å². The van der Waals surface area contributed by atoms with Crippen LogP contribution in [-0.2, 0) is 19.0 Å². The van der Waals surface area contributed by atoms with Crippen molar-refractivity contribution in [3.05, 3.63) is 0 Å². The zero-order valence-electron chi connectivity index (χ0n) is 11.1. The van der Waals surface area contributed by atoms with Gasteiger partial charge >= 0.3 is 5.97 Å². The van der Waals surface area contributed by atoms with Crippen molar-refractivity contribution in [3.63, 3.8) is 0 Å². The molecule has 2 fully saturated rings. The average Bonchev–Trinajstić information content (AvgIpc) is 2.83. The van der Waals surface area contributed by atoms with Crippen molar-refractivity contribution in [1.29, 1.82) is 0 Å². The van der Waals surface area contributed by atoms with Gasteiger partial charge in [-0.05, 0) is 19.3 Å². The van der Waals surface area contributed by atoms with Crippen LogP contribution < -0.4 is 0 Å². The first-order chi connectivity index (χ1) is 8.55. The minimum Gasteiger partial charge on any atom is -0.469 e. The lowest BCUT2D eigenvalue weighted by Crippen LogP contribution is -2.50. The number of carbonyl (C=O) groups is 1. The lowest BCUT2D eigenvalue weighted by molar-refractivity contribution is -0.213. The zero-order valence-corrected chi connectivity index (χ0v) is 11.1. The Bertz CT molecular complexity index is 299. The summed E-state index contributed by atoms with van der Waals surface area (Å²) < 4.78 is 16.0. The van der Waals surface area contributed by atoms with Gasteiger partial charge in [0.2, 0.25) is 0 Å². The van der Waals surface area contributed by atoms with E-state index in [9.17, 15) is 9.90 Å². The summed E-state index contributed by atoms with van der Waals surface area (Å²) >= 11 is 0. The first-order valence-electron chi connectivity index (χ1n) is 6.63. The Hall–Kier alpha value is -0.650. The van der Waals surface area contributed by atoms with E-state index in [0.29, 0.717) is 45.3 Å². The van der Waals surface area contributed by atoms with Gasteiger partial charge in [-0.3, -0.25) is 4.79 Å². The van der Waals surface area contributed by atoms with E-state index in [1.54, 1.807) is 0 Å². The Morgan fingerprint density at radius 1 is 1.28 bits per heavy atom. The predicted octanol–water partition coefficient (Wildman–Crippen LogP) is 1.23. The first kappa shape index (κ1) is 13.8. The molecule has 1 N–H and O–H groups in total. The van der Waals surface area contributed by atoms with E-state index < -0.39 is 17.3 Å². The monoisotopic (exact) mass is 258 g/mol. The van der Waals surface area contributed by atoms with Crippen LogP contribution in [-0.4, -0.2) is 42.8 Å². The Morgan fingerprint density at radius 2 is 1.83 bits per heavy atom. The predicted molar refractivity (Wildman–Crippen MR) is 63.8 cm³/mol. The Morgan fingerprint density at radius 3 is 2.28 bits per heavy atom. The molecule has 0 bridgehead atoms. The van der Waals surface area contributed by atoms with Crippen LogP contribution in [0, 0.1) is 5.92 Å². The lowest BCUT2D eigenvalue weighted by Gasteiger charge is -2.43. The molecule has 1 saturated carbocycles. The molecule has 5 nitrogen and oxygen atoms in total. The van der Waals surface area contributed by atoms with E-state index in [2.05, 4.69) is 0 Å². The van der Waals surface area contributed by atoms with E-state index in [-0.39, 0.29) is 5.97 Å². The highest BCUT2D eigenvalue weighted by Gasteiger charge is 2.50. The molecule has 1 heterocycles. The molecule has 1 unspecified atom stereocenters. The van der Waals surface area contributed by atoms with Crippen LogP contribution >= 0.6 is 0 Å². The highest BCUT2D eigenvalue weighted by atomic mass is 16.7. The summed E-state index contributed by atoms with van der Waals surface area (Å²) in [7, 11) is 1.36. The average molecular weight is 258 g/mol. The molecule has 0 aromatic heterocycles. The molecule has 0 aromatic carbocycles. The van der Waals surface area contributed by atoms with E-state index in [4.69, 9.17) is 14.2 Å². The van der Waals surface area contributed by atoms with Gasteiger partial charge in [0.15, 0.2) is 5.79 Å². The number of hydrogen-bond donors (Lipinski definition) is 1. The summed E-state index contributed by atoms with van der Waals surface area (Å²) in [5, 5.41) is 10.7. The summed E-state index contributed by atoms with van der Waals surface area (Å²) in [4.78, 5) is 11.7. The standard InChI is InChI=1S/C13H22O5/c1-3-10(11(14)16-2)12(15)4-6-13(7-5-12)17-8-9-18-13/h10,15H,3-9H2,1-2H3. The summed E-state index contributed by atoms with van der Waals surface area (Å²) in [6.07, 6.45) is 2.88. The molecular weight excluding hydrogens is 236 g/mol. The van der Waals surface area contributed by atoms with Gasteiger partial charge < -0.3 is 19.3 Å². The highest BCUT2D eigenvalue weighted by Crippen LogP contribution is 2.44. The van der Waals surface area contributed by atoms with Crippen LogP contribution in [0.1, 0.15) is 39.0 Å². The fraction of sp³-hybridized carbons (Fsp3) is 0.923. The van der Waals surface area contributed by atoms with E-state index in [1.165, 1.54) is 7.11 Å². The minimum absolute atomic E-state index is 0.329. The number of rotatable bonds is 3. The highest BCUT2D eigenvalue weighted by molar-refractivity contribution is 5.73. The van der Waals surface area contributed by atoms with Crippen LogP contribution in [0.15, 0.2) is 0 Å². The maximum atomic E-state index is 11.7. The van der Waals surface area contributed by atoms with Crippen molar-refractivity contribution in [2.24, 2.45) is 5.92 Å². The molecule has 2 aliphatic rings. The maximum Gasteiger partial charge on any atom is 0.311 e. The number of methoxy groups -OCH3 is 1. The quantitative estimate of drug-likeness (QED) is 0.771. The van der Waals surface area contributed by atoms with Crippen molar-refractivity contribution in [3.8, 4) is 0 Å². The number of esters is 1. The number of carbonyl (C=O) groups excluding carboxylic acids is 1. The van der Waals surface area contributed by atoms with Gasteiger partial charge in [0.25, 0.3) is 0 Å². The molecule has 5 heteroatoms. The number of aliphatic hydroxyl groups is 1. The van der Waals surface area contributed by atoms with Gasteiger partial charge in [-0.1, -0.05) is 6.92 Å². The summed E-state index contributed by atoms with van der Waals surface area (Å²) in [6, 6.07) is 0. The molecule has 1 aliphatic heterocycles. The molecular formula is C13H22O5. The number of hydrogen-bond acceptors (Lipinski definition) is 5. The van der Waals surface area contributed by atoms with Crippen LogP contribution in [0.4, 0.5) is 0 Å². The molecule has 1 aliphatic carbocycles. The molecule has 1 saturated heterocycles. The Labute approximate surface area is 107 Å². The van der Waals surface area contributed by atoms with Crippen LogP contribution in [0.2, 0.25) is 0 Å². The summed E-state index contributed by atoms with van der Waals surface area (Å²) in [5.41, 5.74) is -0.984. The molecule has 2 rings (SSSR count). The molecule has 0 radical (unpaired) electrons. The molecule has 1 spiro atoms. The second-order valence-electron chi connectivity index (χ2n) is 5.20. The number of ether oxygens (including phenoxy) is 3. The van der Waals surface area contributed by atoms with Gasteiger partial charge in [-0.25, -0.2) is 0 Å². The third kappa shape index (κ3) is 2.39. The van der Waals surface area contributed by atoms with E-state index in [1.807, 2.05) is 6.92 Å². The third-order valence-electron chi connectivity index (χ3n) is 4.23. The van der Waals surface area contributed by atoms with Crippen LogP contribution in [0.3, 0.4) is 0 Å². The zero-order chi connectivity index (χ0) is 13.2. The minimum atomic E-state index is -0.984.